The maximum atomic E-state index is 11.5. The lowest BCUT2D eigenvalue weighted by Gasteiger charge is -2.27. The van der Waals surface area contributed by atoms with Crippen LogP contribution >= 0.6 is 0 Å². The van der Waals surface area contributed by atoms with Crippen molar-refractivity contribution in [2.45, 2.75) is 13.0 Å². The molecule has 0 atom stereocenters. The minimum atomic E-state index is -0.132. The zero-order valence-electron chi connectivity index (χ0n) is 8.71. The van der Waals surface area contributed by atoms with E-state index in [9.17, 15) is 4.79 Å². The Morgan fingerprint density at radius 3 is 2.87 bits per heavy atom. The zero-order valence-corrected chi connectivity index (χ0v) is 8.71. The molecule has 1 fully saturated rings. The van der Waals surface area contributed by atoms with E-state index < -0.39 is 0 Å². The minimum Gasteiger partial charge on any atom is -0.333 e. The Bertz CT molecular complexity index is 361. The summed E-state index contributed by atoms with van der Waals surface area (Å²) in [6.45, 7) is 3.72. The van der Waals surface area contributed by atoms with Crippen molar-refractivity contribution in [1.29, 1.82) is 0 Å². The molecule has 2 rings (SSSR count). The molecule has 0 radical (unpaired) electrons. The lowest BCUT2D eigenvalue weighted by atomic mass is 10.2. The number of carbonyl (C=O) groups is 1. The molecule has 0 aliphatic carbocycles. The molecule has 2 amide bonds. The van der Waals surface area contributed by atoms with Gasteiger partial charge in [0.25, 0.3) is 0 Å². The molecule has 1 aliphatic heterocycles. The van der Waals surface area contributed by atoms with Crippen LogP contribution in [0.5, 0.6) is 0 Å². The molecule has 80 valence electrons. The maximum Gasteiger partial charge on any atom is 0.319 e. The van der Waals surface area contributed by atoms with Gasteiger partial charge in [-0.25, -0.2) is 4.79 Å². The summed E-state index contributed by atoms with van der Waals surface area (Å²) in [6, 6.07) is 7.89. The summed E-state index contributed by atoms with van der Waals surface area (Å²) in [7, 11) is 0. The van der Waals surface area contributed by atoms with E-state index in [1.807, 2.05) is 31.2 Å². The van der Waals surface area contributed by atoms with E-state index in [4.69, 9.17) is 0 Å². The largest absolute Gasteiger partial charge is 0.333 e. The zero-order chi connectivity index (χ0) is 10.7. The highest BCUT2D eigenvalue weighted by molar-refractivity contribution is 5.89. The third-order valence-electron chi connectivity index (χ3n) is 2.39. The molecular formula is C11H15N3O. The number of carbonyl (C=O) groups excluding carboxylic acids is 1. The molecule has 1 aliphatic rings. The Labute approximate surface area is 89.1 Å². The van der Waals surface area contributed by atoms with E-state index >= 15 is 0 Å². The lowest BCUT2D eigenvalue weighted by molar-refractivity contribution is 0.243. The predicted molar refractivity (Wildman–Crippen MR) is 60.0 cm³/mol. The van der Waals surface area contributed by atoms with Gasteiger partial charge in [0, 0.05) is 18.8 Å². The lowest BCUT2D eigenvalue weighted by Crippen LogP contribution is -2.57. The number of nitrogens with one attached hydrogen (secondary N) is 3. The molecule has 15 heavy (non-hydrogen) atoms. The molecule has 1 heterocycles. The van der Waals surface area contributed by atoms with Crippen LogP contribution in [0.4, 0.5) is 10.5 Å². The van der Waals surface area contributed by atoms with Gasteiger partial charge >= 0.3 is 6.03 Å². The summed E-state index contributed by atoms with van der Waals surface area (Å²) in [4.78, 5) is 11.5. The van der Waals surface area contributed by atoms with E-state index in [0.29, 0.717) is 0 Å². The minimum absolute atomic E-state index is 0.132. The summed E-state index contributed by atoms with van der Waals surface area (Å²) < 4.78 is 0. The molecule has 1 saturated heterocycles. The quantitative estimate of drug-likeness (QED) is 0.677. The standard InChI is InChI=1S/C11H15N3O/c1-8-3-2-4-9(5-8)13-11(15)14-10-6-12-7-10/h2-5,10,12H,6-7H2,1H3,(H2,13,14,15). The number of hydrogen-bond acceptors (Lipinski definition) is 2. The van der Waals surface area contributed by atoms with Gasteiger partial charge in [-0.3, -0.25) is 0 Å². The second-order valence-corrected chi connectivity index (χ2v) is 3.82. The van der Waals surface area contributed by atoms with Crippen LogP contribution < -0.4 is 16.0 Å². The van der Waals surface area contributed by atoms with Crippen molar-refractivity contribution in [2.75, 3.05) is 18.4 Å². The van der Waals surface area contributed by atoms with Crippen LogP contribution in [0.25, 0.3) is 0 Å². The van der Waals surface area contributed by atoms with Crippen molar-refractivity contribution in [3.05, 3.63) is 29.8 Å². The van der Waals surface area contributed by atoms with Gasteiger partial charge in [-0.2, -0.15) is 0 Å². The fourth-order valence-corrected chi connectivity index (χ4v) is 1.47. The molecule has 0 saturated carbocycles. The summed E-state index contributed by atoms with van der Waals surface area (Å²) in [6.07, 6.45) is 0. The van der Waals surface area contributed by atoms with Crippen LogP contribution in [-0.4, -0.2) is 25.2 Å². The average molecular weight is 205 g/mol. The van der Waals surface area contributed by atoms with Gasteiger partial charge in [0.2, 0.25) is 0 Å². The number of amides is 2. The van der Waals surface area contributed by atoms with Crippen LogP contribution in [-0.2, 0) is 0 Å². The first-order valence-corrected chi connectivity index (χ1v) is 5.09. The molecule has 0 aromatic heterocycles. The van der Waals surface area contributed by atoms with E-state index in [-0.39, 0.29) is 12.1 Å². The molecule has 1 aromatic rings. The highest BCUT2D eigenvalue weighted by Crippen LogP contribution is 2.09. The van der Waals surface area contributed by atoms with Gasteiger partial charge in [0.1, 0.15) is 0 Å². The number of urea groups is 1. The van der Waals surface area contributed by atoms with Gasteiger partial charge in [-0.15, -0.1) is 0 Å². The molecule has 0 spiro atoms. The maximum absolute atomic E-state index is 11.5. The fraction of sp³-hybridized carbons (Fsp3) is 0.364. The number of anilines is 1. The highest BCUT2D eigenvalue weighted by atomic mass is 16.2. The number of hydrogen-bond donors (Lipinski definition) is 3. The van der Waals surface area contributed by atoms with Crippen molar-refractivity contribution in [1.82, 2.24) is 10.6 Å². The topological polar surface area (TPSA) is 53.2 Å². The highest BCUT2D eigenvalue weighted by Gasteiger charge is 2.18. The molecule has 0 unspecified atom stereocenters. The molecule has 4 nitrogen and oxygen atoms in total. The fourth-order valence-electron chi connectivity index (χ4n) is 1.47. The van der Waals surface area contributed by atoms with Crippen LogP contribution in [0, 0.1) is 6.92 Å². The molecular weight excluding hydrogens is 190 g/mol. The Hall–Kier alpha value is -1.55. The Kier molecular flexibility index (Phi) is 2.87. The van der Waals surface area contributed by atoms with Crippen LogP contribution in [0.1, 0.15) is 5.56 Å². The third-order valence-corrected chi connectivity index (χ3v) is 2.39. The Morgan fingerprint density at radius 2 is 2.27 bits per heavy atom. The summed E-state index contributed by atoms with van der Waals surface area (Å²) in [5, 5.41) is 8.77. The number of aryl methyl sites for hydroxylation is 1. The van der Waals surface area contributed by atoms with Crippen LogP contribution in [0.3, 0.4) is 0 Å². The summed E-state index contributed by atoms with van der Waals surface area (Å²) in [5.41, 5.74) is 1.97. The van der Waals surface area contributed by atoms with Gasteiger partial charge in [-0.1, -0.05) is 12.1 Å². The van der Waals surface area contributed by atoms with Crippen molar-refractivity contribution in [3.8, 4) is 0 Å². The molecule has 4 heteroatoms. The summed E-state index contributed by atoms with van der Waals surface area (Å²) >= 11 is 0. The van der Waals surface area contributed by atoms with E-state index in [0.717, 1.165) is 24.3 Å². The normalized spacial score (nSPS) is 15.5. The van der Waals surface area contributed by atoms with Crippen LogP contribution in [0.2, 0.25) is 0 Å². The summed E-state index contributed by atoms with van der Waals surface area (Å²) in [5.74, 6) is 0. The SMILES string of the molecule is Cc1cccc(NC(=O)NC2CNC2)c1. The van der Waals surface area contributed by atoms with Gasteiger partial charge < -0.3 is 16.0 Å². The second-order valence-electron chi connectivity index (χ2n) is 3.82. The Balaban J connectivity index is 1.87. The number of benzene rings is 1. The van der Waals surface area contributed by atoms with Crippen molar-refractivity contribution in [3.63, 3.8) is 0 Å². The second kappa shape index (κ2) is 4.31. The van der Waals surface area contributed by atoms with E-state index in [2.05, 4.69) is 16.0 Å². The first kappa shape index (κ1) is 9.98. The van der Waals surface area contributed by atoms with Crippen molar-refractivity contribution in [2.24, 2.45) is 0 Å². The smallest absolute Gasteiger partial charge is 0.319 e. The molecule has 3 N–H and O–H groups in total. The van der Waals surface area contributed by atoms with Gasteiger partial charge in [-0.05, 0) is 24.6 Å². The predicted octanol–water partition coefficient (Wildman–Crippen LogP) is 1.09. The van der Waals surface area contributed by atoms with Gasteiger partial charge in [0.05, 0.1) is 6.04 Å². The van der Waals surface area contributed by atoms with Crippen molar-refractivity contribution < 1.29 is 4.79 Å². The van der Waals surface area contributed by atoms with E-state index in [1.54, 1.807) is 0 Å². The Morgan fingerprint density at radius 1 is 1.47 bits per heavy atom. The monoisotopic (exact) mass is 205 g/mol. The van der Waals surface area contributed by atoms with E-state index in [1.165, 1.54) is 0 Å². The average Bonchev–Trinajstić information content (AvgIpc) is 2.11. The third kappa shape index (κ3) is 2.70. The first-order valence-electron chi connectivity index (χ1n) is 5.09. The number of rotatable bonds is 2. The molecule has 0 bridgehead atoms. The van der Waals surface area contributed by atoms with Crippen molar-refractivity contribution >= 4 is 11.7 Å². The van der Waals surface area contributed by atoms with Gasteiger partial charge in [0.15, 0.2) is 0 Å². The first-order chi connectivity index (χ1) is 7.24. The van der Waals surface area contributed by atoms with Crippen LogP contribution in [0.15, 0.2) is 24.3 Å². The molecule has 1 aromatic carbocycles.